The lowest BCUT2D eigenvalue weighted by Gasteiger charge is -2.26. The number of aromatic amines is 1. The Morgan fingerprint density at radius 3 is 0.923 bits per heavy atom. The van der Waals surface area contributed by atoms with E-state index >= 15 is 0 Å². The zero-order valence-electron chi connectivity index (χ0n) is 76.3. The largest absolute Gasteiger partial charge is 0.394 e. The Bertz CT molecular complexity index is 7170. The van der Waals surface area contributed by atoms with Crippen molar-refractivity contribution in [2.45, 2.75) is 184 Å². The number of hydrogen-bond acceptors (Lipinski definition) is 33. The molecule has 6 fully saturated rings. The van der Waals surface area contributed by atoms with E-state index in [9.17, 15) is 5.11 Å². The van der Waals surface area contributed by atoms with Crippen molar-refractivity contribution in [3.05, 3.63) is 265 Å². The highest BCUT2D eigenvalue weighted by atomic mass is 35.5. The summed E-state index contributed by atoms with van der Waals surface area (Å²) in [5.41, 5.74) is 27.8. The molecule has 4 saturated carbocycles. The second-order valence-electron chi connectivity index (χ2n) is 36.4. The van der Waals surface area contributed by atoms with E-state index in [0.29, 0.717) is 114 Å². The first-order valence-electron chi connectivity index (χ1n) is 45.5. The molecule has 24 rings (SSSR count). The lowest BCUT2D eigenvalue weighted by atomic mass is 9.77. The van der Waals surface area contributed by atoms with Gasteiger partial charge in [-0.25, -0.2) is 39.9 Å². The fraction of sp³-hybridized carbons (Fsp3) is 0.373. The van der Waals surface area contributed by atoms with Gasteiger partial charge in [0.15, 0.2) is 23.3 Å². The molecule has 18 aromatic rings. The minimum Gasteiger partial charge on any atom is -0.394 e. The molecule has 6 aliphatic rings. The lowest BCUT2D eigenvalue weighted by molar-refractivity contribution is -0.0286. The number of hydrogen-bond donors (Lipinski definition) is 4. The highest BCUT2D eigenvalue weighted by Gasteiger charge is 2.52. The van der Waals surface area contributed by atoms with Gasteiger partial charge >= 0.3 is 0 Å². The summed E-state index contributed by atoms with van der Waals surface area (Å²) in [6, 6.07) is 24.8. The van der Waals surface area contributed by atoms with Crippen molar-refractivity contribution < 1.29 is 32.7 Å². The molecule has 0 radical (unpaired) electrons. The van der Waals surface area contributed by atoms with Crippen molar-refractivity contribution in [2.75, 3.05) is 50.4 Å². The predicted octanol–water partition coefficient (Wildman–Crippen LogP) is 17.6. The maximum atomic E-state index is 9.45. The smallest absolute Gasteiger partial charge is 0.261 e. The molecule has 2 saturated heterocycles. The molecule has 2 aliphatic heterocycles. The van der Waals surface area contributed by atoms with Gasteiger partial charge in [0.05, 0.1) is 143 Å². The Labute approximate surface area is 826 Å². The van der Waals surface area contributed by atoms with E-state index in [4.69, 9.17) is 80.5 Å². The SMILES string of the molecule is C.C.C.C.C.CC(c1ccc(-c2cnc(N)nc2)nc1)(c1noc(-c2cnn(C(CO)CCl)c2)n1)C1CC1.CC(c1ccc(-c2cnc(N)nc2)nc1)(c1noc(-c2cnn(C3COC3)c2)n1)C1CC1.Cc1ccc(C)n1-c1ncc(-c2ccc(C(C)(c3noc(-c4cn[nH]c4)n3)C3CC3)cn2)cn1.Cc1ccc(C)n1-c1ncc(-c2ccc(C(C)(c3noc(-c4cnn(C5COC5)c4)n3)C3CC3)cn2)cn1. The molecule has 5 unspecified atom stereocenters. The van der Waals surface area contributed by atoms with Crippen LogP contribution in [-0.2, 0) is 31.1 Å². The van der Waals surface area contributed by atoms with Crippen LogP contribution in [0.3, 0.4) is 0 Å². The third-order valence-corrected chi connectivity index (χ3v) is 27.7. The minimum atomic E-state index is -0.440. The van der Waals surface area contributed by atoms with Crippen molar-refractivity contribution in [3.8, 4) is 103 Å². The Morgan fingerprint density at radius 1 is 0.366 bits per heavy atom. The van der Waals surface area contributed by atoms with Crippen LogP contribution in [0.15, 0.2) is 215 Å². The number of halogens is 1. The van der Waals surface area contributed by atoms with Gasteiger partial charge in [0.1, 0.15) is 0 Å². The highest BCUT2D eigenvalue weighted by molar-refractivity contribution is 6.18. The Hall–Kier alpha value is -15.4. The molecule has 5 atom stereocenters. The van der Waals surface area contributed by atoms with Crippen molar-refractivity contribution in [1.29, 1.82) is 0 Å². The van der Waals surface area contributed by atoms with Crippen LogP contribution in [0, 0.1) is 51.4 Å². The number of nitrogen functional groups attached to an aromatic ring is 2. The van der Waals surface area contributed by atoms with Gasteiger partial charge in [0, 0.05) is 150 Å². The molecule has 0 amide bonds. The number of aryl methyl sites for hydroxylation is 4. The molecule has 39 nitrogen and oxygen atoms in total. The van der Waals surface area contributed by atoms with E-state index in [1.54, 1.807) is 66.7 Å². The lowest BCUT2D eigenvalue weighted by Crippen LogP contribution is -2.30. The maximum absolute atomic E-state index is 9.45. The summed E-state index contributed by atoms with van der Waals surface area (Å²) >= 11 is 5.90. The summed E-state index contributed by atoms with van der Waals surface area (Å²) < 4.78 is 42.5. The van der Waals surface area contributed by atoms with Crippen molar-refractivity contribution in [1.82, 2.24) is 149 Å². The van der Waals surface area contributed by atoms with Crippen LogP contribution in [0.1, 0.15) is 203 Å². The van der Waals surface area contributed by atoms with Crippen molar-refractivity contribution in [2.24, 2.45) is 23.7 Å². The molecule has 0 bridgehead atoms. The third-order valence-electron chi connectivity index (χ3n) is 27.4. The number of aliphatic hydroxyl groups excluding tert-OH is 1. The van der Waals surface area contributed by atoms with Gasteiger partial charge < -0.3 is 44.1 Å². The number of aromatic nitrogens is 30. The number of ether oxygens (including phenoxy) is 2. The van der Waals surface area contributed by atoms with E-state index in [-0.39, 0.29) is 90.5 Å². The minimum absolute atomic E-state index is 0. The number of aliphatic hydroxyl groups is 1. The molecule has 0 spiro atoms. The van der Waals surface area contributed by atoms with E-state index in [2.05, 4.69) is 166 Å². The van der Waals surface area contributed by atoms with E-state index in [1.165, 1.54) is 0 Å². The standard InChI is InChI=1S/C28H28N8O2.C25H24N8O.C22H23ClN8O2.C22H22N8O2.5CH4/c1-17-4-5-18(2)36(17)27-30-10-19(11-31-27)24-9-8-22(13-29-24)28(3,21-6-7-21)26-33-25(38-34-26)20-12-32-35(14-20)23-15-37-16-23;1-15-4-5-16(2)33(15)24-27-10-17(11-28-24)21-9-8-20(14-26-21)25(3,19-6-7-19)23-31-22(34-32-23)18-12-29-30-13-18;1-22(15-2-3-15,16-4-5-18(25-10-16)13-7-26-21(24)27-8-13)20-29-19(33-30-20)14-9-28-31(11-14)17(6-23)12-32;1-22(15-2-3-15,16-4-5-18(24-9-16)13-6-25-21(23)26-7-13)20-28-19(32-29-20)14-8-27-30(10-14)17-11-31-12-17;;;;;/h4-5,8-14,21,23H,6-7,15-16H2,1-3H3;4-5,8-14,19H,6-7H2,1-3H3,(H,29,30);4-5,7-11,15,17,32H,2-3,6,12H2,1H3,(H2,24,26,27);4-10,15,17H,2-3,11-12H2,1H3,(H2,23,25,26);5*1H4. The summed E-state index contributed by atoms with van der Waals surface area (Å²) in [4.78, 5) is 72.3. The van der Waals surface area contributed by atoms with Crippen molar-refractivity contribution in [3.63, 3.8) is 0 Å². The van der Waals surface area contributed by atoms with Crippen LogP contribution >= 0.6 is 11.6 Å². The van der Waals surface area contributed by atoms with Crippen LogP contribution in [0.4, 0.5) is 11.9 Å². The molecular weight excluding hydrogens is 1820 g/mol. The number of nitrogens with one attached hydrogen (secondary N) is 1. The maximum Gasteiger partial charge on any atom is 0.261 e. The van der Waals surface area contributed by atoms with Crippen LogP contribution in [0.2, 0.25) is 0 Å². The first kappa shape index (κ1) is 99.7. The zero-order valence-corrected chi connectivity index (χ0v) is 77.1. The Balaban J connectivity index is 0.000000135. The number of alkyl halides is 1. The van der Waals surface area contributed by atoms with Gasteiger partial charge in [0.2, 0.25) is 23.8 Å². The molecule has 4 aliphatic carbocycles. The summed E-state index contributed by atoms with van der Waals surface area (Å²) in [6.45, 7) is 19.5. The summed E-state index contributed by atoms with van der Waals surface area (Å²) in [6.07, 6.45) is 44.6. The first-order valence-corrected chi connectivity index (χ1v) is 46.0. The quantitative estimate of drug-likeness (QED) is 0.0347. The second kappa shape index (κ2) is 41.2. The first-order chi connectivity index (χ1) is 66.7. The molecule has 40 heteroatoms. The molecular formula is C102H117ClN32O7. The fourth-order valence-electron chi connectivity index (χ4n) is 17.8. The number of H-pyrrole nitrogens is 1. The average molecular weight is 1940 g/mol. The van der Waals surface area contributed by atoms with Crippen molar-refractivity contribution >= 4 is 23.5 Å². The van der Waals surface area contributed by atoms with Gasteiger partial charge in [0.25, 0.3) is 23.6 Å². The van der Waals surface area contributed by atoms with Gasteiger partial charge in [-0.3, -0.25) is 48.2 Å². The van der Waals surface area contributed by atoms with Crippen LogP contribution in [-0.4, -0.2) is 193 Å². The van der Waals surface area contributed by atoms with Gasteiger partial charge in [-0.15, -0.1) is 11.6 Å². The monoisotopic (exact) mass is 1940 g/mol. The topological polar surface area (TPSA) is 493 Å². The van der Waals surface area contributed by atoms with Gasteiger partial charge in [-0.05, 0) is 201 Å². The highest BCUT2D eigenvalue weighted by Crippen LogP contribution is 2.55. The summed E-state index contributed by atoms with van der Waals surface area (Å²) in [5.74, 6) is 8.17. The molecule has 142 heavy (non-hydrogen) atoms. The van der Waals surface area contributed by atoms with Gasteiger partial charge in [-0.2, -0.15) is 40.3 Å². The summed E-state index contributed by atoms with van der Waals surface area (Å²) in [7, 11) is 0. The van der Waals surface area contributed by atoms with E-state index < -0.39 is 10.8 Å². The average Bonchev–Trinajstić information content (AvgIpc) is 1.62. The van der Waals surface area contributed by atoms with Crippen LogP contribution in [0.25, 0.3) is 103 Å². The number of anilines is 2. The molecule has 20 heterocycles. The molecule has 734 valence electrons. The molecule has 18 aromatic heterocycles. The van der Waals surface area contributed by atoms with E-state index in [0.717, 1.165) is 158 Å². The number of nitrogens with two attached hydrogens (primary N) is 2. The second-order valence-corrected chi connectivity index (χ2v) is 36.7. The van der Waals surface area contributed by atoms with Gasteiger partial charge in [-0.1, -0.05) is 82.0 Å². The Morgan fingerprint density at radius 2 is 0.662 bits per heavy atom. The number of pyridine rings is 4. The normalized spacial score (nSPS) is 16.3. The molecule has 6 N–H and O–H groups in total. The van der Waals surface area contributed by atoms with Crippen LogP contribution in [0.5, 0.6) is 0 Å². The fourth-order valence-corrected chi connectivity index (χ4v) is 18.1. The molecule has 0 aromatic carbocycles. The predicted molar refractivity (Wildman–Crippen MR) is 533 cm³/mol. The van der Waals surface area contributed by atoms with E-state index in [1.807, 2.05) is 138 Å². The third kappa shape index (κ3) is 19.5. The Kier molecular flexibility index (Phi) is 28.9. The van der Waals surface area contributed by atoms with Crippen LogP contribution < -0.4 is 11.5 Å². The zero-order chi connectivity index (χ0) is 93.9. The number of nitrogens with zero attached hydrogens (tertiary/aromatic N) is 29. The summed E-state index contributed by atoms with van der Waals surface area (Å²) in [5, 5.41) is 46.8. The number of rotatable bonds is 27.